The van der Waals surface area contributed by atoms with Crippen molar-refractivity contribution in [1.82, 2.24) is 29.7 Å². The van der Waals surface area contributed by atoms with E-state index in [1.54, 1.807) is 36.8 Å². The monoisotopic (exact) mass is 497 g/mol. The molecule has 1 atom stereocenters. The third-order valence-corrected chi connectivity index (χ3v) is 5.52. The fourth-order valence-corrected chi connectivity index (χ4v) is 3.83. The summed E-state index contributed by atoms with van der Waals surface area (Å²) < 4.78 is 12.3. The highest BCUT2D eigenvalue weighted by atomic mass is 16.6. The van der Waals surface area contributed by atoms with Crippen molar-refractivity contribution in [2.24, 2.45) is 0 Å². The molecule has 0 spiro atoms. The Kier molecular flexibility index (Phi) is 6.79. The van der Waals surface area contributed by atoms with Gasteiger partial charge in [0.05, 0.1) is 17.8 Å². The minimum Gasteiger partial charge on any atom is -0.442 e. The van der Waals surface area contributed by atoms with Crippen molar-refractivity contribution < 1.29 is 14.3 Å². The van der Waals surface area contributed by atoms with Gasteiger partial charge in [-0.15, -0.1) is 0 Å². The van der Waals surface area contributed by atoms with Gasteiger partial charge in [0, 0.05) is 36.5 Å². The van der Waals surface area contributed by atoms with Crippen LogP contribution in [0.5, 0.6) is 0 Å². The molecule has 10 nitrogen and oxygen atoms in total. The summed E-state index contributed by atoms with van der Waals surface area (Å²) in [7, 11) is 0. The molecule has 0 aliphatic carbocycles. The molecule has 0 bridgehead atoms. The first kappa shape index (κ1) is 24.3. The zero-order valence-electron chi connectivity index (χ0n) is 20.9. The van der Waals surface area contributed by atoms with Crippen LogP contribution in [-0.2, 0) is 9.47 Å². The Morgan fingerprint density at radius 2 is 2.03 bits per heavy atom. The summed E-state index contributed by atoms with van der Waals surface area (Å²) in [4.78, 5) is 30.1. The van der Waals surface area contributed by atoms with Gasteiger partial charge in [0.2, 0.25) is 5.95 Å². The molecular formula is C27H27N7O3. The number of hydrogen-bond acceptors (Lipinski definition) is 9. The Hall–Kier alpha value is -4.36. The Morgan fingerprint density at radius 1 is 1.16 bits per heavy atom. The van der Waals surface area contributed by atoms with E-state index in [1.165, 1.54) is 4.68 Å². The average molecular weight is 498 g/mol. The van der Waals surface area contributed by atoms with Gasteiger partial charge in [-0.1, -0.05) is 5.92 Å². The summed E-state index contributed by atoms with van der Waals surface area (Å²) in [5.74, 6) is 7.17. The van der Waals surface area contributed by atoms with E-state index in [9.17, 15) is 4.79 Å². The number of aromatic nitrogens is 6. The van der Waals surface area contributed by atoms with E-state index in [1.807, 2.05) is 32.9 Å². The molecule has 1 aliphatic heterocycles. The number of rotatable bonds is 4. The number of fused-ring (bicyclic) bond motifs is 1. The Bertz CT molecular complexity index is 1490. The predicted octanol–water partition coefficient (Wildman–Crippen LogP) is 4.06. The summed E-state index contributed by atoms with van der Waals surface area (Å²) >= 11 is 0. The van der Waals surface area contributed by atoms with Crippen LogP contribution in [0, 0.1) is 11.8 Å². The van der Waals surface area contributed by atoms with E-state index in [4.69, 9.17) is 9.47 Å². The Morgan fingerprint density at radius 3 is 2.84 bits per heavy atom. The van der Waals surface area contributed by atoms with Crippen LogP contribution in [0.25, 0.3) is 22.4 Å². The summed E-state index contributed by atoms with van der Waals surface area (Å²) in [6, 6.07) is 9.01. The summed E-state index contributed by atoms with van der Waals surface area (Å²) in [6.07, 6.45) is 6.73. The van der Waals surface area contributed by atoms with Gasteiger partial charge in [-0.3, -0.25) is 0 Å². The largest absolute Gasteiger partial charge is 0.442 e. The molecule has 0 saturated carbocycles. The SMILES string of the molecule is CC(C)(C)OC(=O)n1ncc2cc(C#Cc3ccnc(-c4ccnc(NCC5CCCO5)n4)n3)ccc21. The van der Waals surface area contributed by atoms with Gasteiger partial charge in [-0.2, -0.15) is 9.78 Å². The molecule has 4 aromatic rings. The number of carbonyl (C=O) groups is 1. The van der Waals surface area contributed by atoms with Crippen molar-refractivity contribution in [3.63, 3.8) is 0 Å². The van der Waals surface area contributed by atoms with Gasteiger partial charge in [-0.25, -0.2) is 24.7 Å². The zero-order chi connectivity index (χ0) is 25.8. The zero-order valence-corrected chi connectivity index (χ0v) is 20.9. The van der Waals surface area contributed by atoms with Crippen LogP contribution in [0.1, 0.15) is 44.9 Å². The molecule has 1 unspecified atom stereocenters. The van der Waals surface area contributed by atoms with E-state index >= 15 is 0 Å². The molecule has 1 aliphatic rings. The lowest BCUT2D eigenvalue weighted by atomic mass is 10.1. The van der Waals surface area contributed by atoms with E-state index in [0.29, 0.717) is 35.2 Å². The maximum absolute atomic E-state index is 12.4. The van der Waals surface area contributed by atoms with Crippen LogP contribution >= 0.6 is 0 Å². The van der Waals surface area contributed by atoms with E-state index < -0.39 is 11.7 Å². The lowest BCUT2D eigenvalue weighted by Gasteiger charge is -2.19. The third-order valence-electron chi connectivity index (χ3n) is 5.52. The quantitative estimate of drug-likeness (QED) is 0.417. The molecule has 5 rings (SSSR count). The van der Waals surface area contributed by atoms with Crippen LogP contribution in [0.3, 0.4) is 0 Å². The highest BCUT2D eigenvalue weighted by molar-refractivity contribution is 5.88. The van der Waals surface area contributed by atoms with E-state index in [2.05, 4.69) is 42.2 Å². The number of carbonyl (C=O) groups excluding carboxylic acids is 1. The fourth-order valence-electron chi connectivity index (χ4n) is 3.83. The Balaban J connectivity index is 1.31. The molecule has 1 N–H and O–H groups in total. The average Bonchev–Trinajstić information content (AvgIpc) is 3.55. The third kappa shape index (κ3) is 6.08. The number of anilines is 1. The van der Waals surface area contributed by atoms with Gasteiger partial charge >= 0.3 is 6.09 Å². The van der Waals surface area contributed by atoms with Crippen molar-refractivity contribution in [2.45, 2.75) is 45.3 Å². The molecule has 4 heterocycles. The molecule has 0 radical (unpaired) electrons. The summed E-state index contributed by atoms with van der Waals surface area (Å²) in [5.41, 5.74) is 1.97. The fraction of sp³-hybridized carbons (Fsp3) is 0.333. The number of hydrogen-bond donors (Lipinski definition) is 1. The summed E-state index contributed by atoms with van der Waals surface area (Å²) in [5, 5.41) is 8.18. The molecule has 1 fully saturated rings. The second-order valence-corrected chi connectivity index (χ2v) is 9.61. The second kappa shape index (κ2) is 10.3. The maximum Gasteiger partial charge on any atom is 0.435 e. The minimum atomic E-state index is -0.606. The number of nitrogens with one attached hydrogen (secondary N) is 1. The lowest BCUT2D eigenvalue weighted by Crippen LogP contribution is -2.27. The first-order chi connectivity index (χ1) is 17.8. The van der Waals surface area contributed by atoms with Crippen LogP contribution < -0.4 is 5.32 Å². The molecule has 1 aromatic carbocycles. The molecule has 10 heteroatoms. The van der Waals surface area contributed by atoms with Gasteiger partial charge in [0.15, 0.2) is 5.82 Å². The molecule has 0 amide bonds. The molecule has 1 saturated heterocycles. The minimum absolute atomic E-state index is 0.188. The molecule has 37 heavy (non-hydrogen) atoms. The van der Waals surface area contributed by atoms with Crippen LogP contribution in [0.4, 0.5) is 10.7 Å². The van der Waals surface area contributed by atoms with Gasteiger partial charge < -0.3 is 14.8 Å². The van der Waals surface area contributed by atoms with Crippen molar-refractivity contribution in [3.8, 4) is 23.4 Å². The highest BCUT2D eigenvalue weighted by Crippen LogP contribution is 2.18. The van der Waals surface area contributed by atoms with E-state index in [0.717, 1.165) is 30.4 Å². The number of ether oxygens (including phenoxy) is 2. The summed E-state index contributed by atoms with van der Waals surface area (Å²) in [6.45, 7) is 6.91. The van der Waals surface area contributed by atoms with Crippen LogP contribution in [0.15, 0.2) is 48.9 Å². The predicted molar refractivity (Wildman–Crippen MR) is 138 cm³/mol. The van der Waals surface area contributed by atoms with E-state index in [-0.39, 0.29) is 6.10 Å². The van der Waals surface area contributed by atoms with Gasteiger partial charge in [-0.05, 0) is 69.9 Å². The topological polar surface area (TPSA) is 117 Å². The van der Waals surface area contributed by atoms with Crippen LogP contribution in [0.2, 0.25) is 0 Å². The molecule has 188 valence electrons. The van der Waals surface area contributed by atoms with Crippen molar-refractivity contribution in [2.75, 3.05) is 18.5 Å². The normalized spacial score (nSPS) is 15.3. The van der Waals surface area contributed by atoms with Crippen molar-refractivity contribution >= 4 is 22.9 Å². The Labute approximate surface area is 214 Å². The van der Waals surface area contributed by atoms with Crippen molar-refractivity contribution in [1.29, 1.82) is 0 Å². The molecular weight excluding hydrogens is 470 g/mol. The van der Waals surface area contributed by atoms with Gasteiger partial charge in [0.25, 0.3) is 0 Å². The second-order valence-electron chi connectivity index (χ2n) is 9.61. The maximum atomic E-state index is 12.4. The van der Waals surface area contributed by atoms with Crippen molar-refractivity contribution in [3.05, 3.63) is 60.2 Å². The standard InChI is InChI=1S/C27H27N7O3/c1-27(2,3)37-26(35)34-23-9-7-18(15-19(23)16-31-34)6-8-20-10-12-28-24(32-20)22-11-13-29-25(33-22)30-17-21-5-4-14-36-21/h7,9-13,15-16,21H,4-5,14,17H2,1-3H3,(H,29,30,33). The molecule has 3 aromatic heterocycles. The first-order valence-electron chi connectivity index (χ1n) is 12.1. The first-order valence-corrected chi connectivity index (χ1v) is 12.1. The number of nitrogens with zero attached hydrogens (tertiary/aromatic N) is 6. The lowest BCUT2D eigenvalue weighted by molar-refractivity contribution is 0.0522. The van der Waals surface area contributed by atoms with Crippen LogP contribution in [-0.4, -0.2) is 60.7 Å². The van der Waals surface area contributed by atoms with Gasteiger partial charge in [0.1, 0.15) is 17.0 Å². The smallest absolute Gasteiger partial charge is 0.435 e. The highest BCUT2D eigenvalue weighted by Gasteiger charge is 2.20. The number of benzene rings is 1.